The maximum atomic E-state index is 2.56. The molecule has 0 N–H and O–H groups in total. The molecule has 0 bridgehead atoms. The van der Waals surface area contributed by atoms with Gasteiger partial charge in [-0.05, 0) is 48.6 Å². The molecule has 116 valence electrons. The SMILES string of the molecule is CC1CC(C)CC2(C1)N(C)c1cccc3cccc(c13)N2C. The Balaban J connectivity index is 1.95. The van der Waals surface area contributed by atoms with E-state index in [1.54, 1.807) is 0 Å². The molecule has 2 aromatic carbocycles. The second-order valence-corrected chi connectivity index (χ2v) is 7.61. The van der Waals surface area contributed by atoms with E-state index in [0.717, 1.165) is 11.8 Å². The van der Waals surface area contributed by atoms with E-state index in [2.05, 4.69) is 74.1 Å². The van der Waals surface area contributed by atoms with Crippen LogP contribution in [-0.4, -0.2) is 19.8 Å². The number of hydrogen-bond donors (Lipinski definition) is 0. The molecule has 2 nitrogen and oxygen atoms in total. The predicted octanol–water partition coefficient (Wildman–Crippen LogP) is 4.88. The topological polar surface area (TPSA) is 6.48 Å². The second-order valence-electron chi connectivity index (χ2n) is 7.61. The summed E-state index contributed by atoms with van der Waals surface area (Å²) in [4.78, 5) is 5.13. The van der Waals surface area contributed by atoms with E-state index >= 15 is 0 Å². The summed E-state index contributed by atoms with van der Waals surface area (Å²) in [5.74, 6) is 1.55. The molecule has 1 fully saturated rings. The Morgan fingerprint density at radius 1 is 0.864 bits per heavy atom. The first-order valence-corrected chi connectivity index (χ1v) is 8.52. The van der Waals surface area contributed by atoms with Crippen LogP contribution in [0, 0.1) is 11.8 Å². The van der Waals surface area contributed by atoms with Gasteiger partial charge in [0.15, 0.2) is 0 Å². The van der Waals surface area contributed by atoms with Gasteiger partial charge in [0.25, 0.3) is 0 Å². The molecule has 1 aliphatic carbocycles. The Hall–Kier alpha value is -1.70. The normalized spacial score (nSPS) is 26.7. The van der Waals surface area contributed by atoms with Gasteiger partial charge < -0.3 is 9.80 Å². The van der Waals surface area contributed by atoms with Gasteiger partial charge in [-0.15, -0.1) is 0 Å². The van der Waals surface area contributed by atoms with Crippen molar-refractivity contribution in [3.8, 4) is 0 Å². The van der Waals surface area contributed by atoms with Crippen LogP contribution in [0.4, 0.5) is 11.4 Å². The highest BCUT2D eigenvalue weighted by Gasteiger charge is 2.47. The summed E-state index contributed by atoms with van der Waals surface area (Å²) in [6.45, 7) is 4.83. The Bertz CT molecular complexity index is 664. The van der Waals surface area contributed by atoms with Gasteiger partial charge in [-0.25, -0.2) is 0 Å². The first-order chi connectivity index (χ1) is 10.5. The van der Waals surface area contributed by atoms with Crippen molar-refractivity contribution in [2.75, 3.05) is 23.9 Å². The van der Waals surface area contributed by atoms with Gasteiger partial charge in [-0.1, -0.05) is 38.1 Å². The van der Waals surface area contributed by atoms with Crippen molar-refractivity contribution in [1.29, 1.82) is 0 Å². The van der Waals surface area contributed by atoms with Gasteiger partial charge in [0.1, 0.15) is 5.66 Å². The lowest BCUT2D eigenvalue weighted by Gasteiger charge is -2.57. The molecule has 1 spiro atoms. The van der Waals surface area contributed by atoms with Crippen LogP contribution in [0.1, 0.15) is 33.1 Å². The quantitative estimate of drug-likeness (QED) is 0.683. The summed E-state index contributed by atoms with van der Waals surface area (Å²) in [7, 11) is 4.60. The van der Waals surface area contributed by atoms with Gasteiger partial charge >= 0.3 is 0 Å². The van der Waals surface area contributed by atoms with Crippen molar-refractivity contribution in [3.63, 3.8) is 0 Å². The maximum absolute atomic E-state index is 2.56. The fourth-order valence-electron chi connectivity index (χ4n) is 5.13. The van der Waals surface area contributed by atoms with Gasteiger partial charge in [-0.2, -0.15) is 0 Å². The summed E-state index contributed by atoms with van der Waals surface area (Å²) in [6.07, 6.45) is 3.85. The highest BCUT2D eigenvalue weighted by Crippen LogP contribution is 2.51. The second kappa shape index (κ2) is 4.65. The number of benzene rings is 2. The fourth-order valence-corrected chi connectivity index (χ4v) is 5.13. The van der Waals surface area contributed by atoms with Crippen molar-refractivity contribution in [2.24, 2.45) is 11.8 Å². The third-order valence-electron chi connectivity index (χ3n) is 5.99. The Kier molecular flexibility index (Phi) is 2.94. The molecule has 2 unspecified atom stereocenters. The lowest BCUT2D eigenvalue weighted by molar-refractivity contribution is 0.175. The fraction of sp³-hybridized carbons (Fsp3) is 0.500. The molecule has 1 aliphatic heterocycles. The average molecular weight is 294 g/mol. The highest BCUT2D eigenvalue weighted by atomic mass is 15.4. The van der Waals surface area contributed by atoms with Crippen LogP contribution in [0.25, 0.3) is 10.8 Å². The van der Waals surface area contributed by atoms with Gasteiger partial charge in [0, 0.05) is 30.9 Å². The van der Waals surface area contributed by atoms with Crippen LogP contribution >= 0.6 is 0 Å². The Morgan fingerprint density at radius 3 is 1.86 bits per heavy atom. The first-order valence-electron chi connectivity index (χ1n) is 8.52. The van der Waals surface area contributed by atoms with Crippen molar-refractivity contribution >= 4 is 22.1 Å². The standard InChI is InChI=1S/C20H26N2/c1-14-11-15(2)13-20(12-14)21(3)17-9-5-7-16-8-6-10-18(19(16)17)22(20)4/h5-10,14-15H,11-13H2,1-4H3. The number of nitrogens with zero attached hydrogens (tertiary/aromatic N) is 2. The maximum Gasteiger partial charge on any atom is 0.113 e. The van der Waals surface area contributed by atoms with Crippen molar-refractivity contribution in [3.05, 3.63) is 36.4 Å². The number of anilines is 2. The molecule has 2 heteroatoms. The molecule has 0 amide bonds. The summed E-state index contributed by atoms with van der Waals surface area (Å²) >= 11 is 0. The molecule has 2 atom stereocenters. The molecule has 0 radical (unpaired) electrons. The lowest BCUT2D eigenvalue weighted by atomic mass is 9.73. The molecule has 2 aliphatic rings. The van der Waals surface area contributed by atoms with Gasteiger partial charge in [0.05, 0.1) is 0 Å². The monoisotopic (exact) mass is 294 g/mol. The van der Waals surface area contributed by atoms with Gasteiger partial charge in [-0.3, -0.25) is 0 Å². The van der Waals surface area contributed by atoms with Crippen LogP contribution in [0.15, 0.2) is 36.4 Å². The molecular formula is C20H26N2. The minimum Gasteiger partial charge on any atom is -0.351 e. The molecule has 22 heavy (non-hydrogen) atoms. The third-order valence-corrected chi connectivity index (χ3v) is 5.99. The zero-order chi connectivity index (χ0) is 15.5. The van der Waals surface area contributed by atoms with Crippen molar-refractivity contribution in [1.82, 2.24) is 0 Å². The summed E-state index contributed by atoms with van der Waals surface area (Å²) < 4.78 is 0. The summed E-state index contributed by atoms with van der Waals surface area (Å²) in [5, 5.41) is 2.76. The van der Waals surface area contributed by atoms with Crippen LogP contribution < -0.4 is 9.80 Å². The van der Waals surface area contributed by atoms with E-state index in [9.17, 15) is 0 Å². The average Bonchev–Trinajstić information content (AvgIpc) is 2.50. The number of rotatable bonds is 0. The Labute approximate surface area is 133 Å². The molecule has 4 rings (SSSR count). The molecule has 2 aromatic rings. The third kappa shape index (κ3) is 1.73. The number of hydrogen-bond acceptors (Lipinski definition) is 2. The van der Waals surface area contributed by atoms with E-state index in [4.69, 9.17) is 0 Å². The predicted molar refractivity (Wildman–Crippen MR) is 95.7 cm³/mol. The van der Waals surface area contributed by atoms with E-state index in [1.165, 1.54) is 41.4 Å². The minimum atomic E-state index is 0.125. The van der Waals surface area contributed by atoms with E-state index in [1.807, 2.05) is 0 Å². The van der Waals surface area contributed by atoms with Crippen LogP contribution in [-0.2, 0) is 0 Å². The van der Waals surface area contributed by atoms with E-state index < -0.39 is 0 Å². The lowest BCUT2D eigenvalue weighted by Crippen LogP contribution is -2.63. The minimum absolute atomic E-state index is 0.125. The Morgan fingerprint density at radius 2 is 1.36 bits per heavy atom. The zero-order valence-corrected chi connectivity index (χ0v) is 14.1. The van der Waals surface area contributed by atoms with Crippen molar-refractivity contribution < 1.29 is 0 Å². The van der Waals surface area contributed by atoms with E-state index in [0.29, 0.717) is 0 Å². The highest BCUT2D eigenvalue weighted by molar-refractivity contribution is 6.05. The van der Waals surface area contributed by atoms with Crippen LogP contribution in [0.5, 0.6) is 0 Å². The summed E-state index contributed by atoms with van der Waals surface area (Å²) in [5.41, 5.74) is 2.92. The van der Waals surface area contributed by atoms with Gasteiger partial charge in [0.2, 0.25) is 0 Å². The van der Waals surface area contributed by atoms with Crippen molar-refractivity contribution in [2.45, 2.75) is 38.8 Å². The van der Waals surface area contributed by atoms with E-state index in [-0.39, 0.29) is 5.66 Å². The molecule has 0 saturated heterocycles. The van der Waals surface area contributed by atoms with Crippen LogP contribution in [0.3, 0.4) is 0 Å². The summed E-state index contributed by atoms with van der Waals surface area (Å²) in [6, 6.07) is 13.5. The molecular weight excluding hydrogens is 268 g/mol. The van der Waals surface area contributed by atoms with Crippen LogP contribution in [0.2, 0.25) is 0 Å². The molecule has 1 saturated carbocycles. The first kappa shape index (κ1) is 13.9. The molecule has 0 aromatic heterocycles. The smallest absolute Gasteiger partial charge is 0.113 e. The zero-order valence-electron chi connectivity index (χ0n) is 14.1. The largest absolute Gasteiger partial charge is 0.351 e. The molecule has 1 heterocycles.